The van der Waals surface area contributed by atoms with Gasteiger partial charge >= 0.3 is 6.18 Å². The molecular weight excluding hydrogens is 329 g/mol. The molecule has 2 aromatic carbocycles. The maximum absolute atomic E-state index is 13.1. The molecule has 0 radical (unpaired) electrons. The first-order valence-corrected chi connectivity index (χ1v) is 8.24. The fraction of sp³-hybridized carbons (Fsp3) is 0.368. The number of ether oxygens (including phenoxy) is 1. The highest BCUT2D eigenvalue weighted by molar-refractivity contribution is 5.58. The summed E-state index contributed by atoms with van der Waals surface area (Å²) in [6, 6.07) is 13.6. The van der Waals surface area contributed by atoms with E-state index < -0.39 is 11.7 Å². The van der Waals surface area contributed by atoms with E-state index >= 15 is 0 Å². The summed E-state index contributed by atoms with van der Waals surface area (Å²) in [4.78, 5) is 4.28. The lowest BCUT2D eigenvalue weighted by atomic mass is 10.1. The summed E-state index contributed by atoms with van der Waals surface area (Å²) in [6.07, 6.45) is -4.31. The second kappa shape index (κ2) is 7.35. The molecule has 1 aliphatic heterocycles. The summed E-state index contributed by atoms with van der Waals surface area (Å²) in [5.74, 6) is 0.818. The van der Waals surface area contributed by atoms with Crippen LogP contribution in [0.5, 0.6) is 5.75 Å². The number of anilines is 1. The lowest BCUT2D eigenvalue weighted by molar-refractivity contribution is -0.138. The highest BCUT2D eigenvalue weighted by Crippen LogP contribution is 2.33. The molecule has 0 atom stereocenters. The Morgan fingerprint density at radius 3 is 2.24 bits per heavy atom. The van der Waals surface area contributed by atoms with E-state index in [1.54, 1.807) is 19.2 Å². The van der Waals surface area contributed by atoms with Gasteiger partial charge in [0.15, 0.2) is 0 Å². The van der Waals surface area contributed by atoms with E-state index in [0.29, 0.717) is 25.2 Å². The SMILES string of the molecule is COc1ccccc1N1CCN(Cc2ccccc2C(F)(F)F)CC1. The smallest absolute Gasteiger partial charge is 0.416 e. The molecule has 0 aliphatic carbocycles. The molecule has 134 valence electrons. The van der Waals surface area contributed by atoms with Gasteiger partial charge in [-0.15, -0.1) is 0 Å². The molecule has 0 N–H and O–H groups in total. The minimum absolute atomic E-state index is 0.315. The maximum atomic E-state index is 13.1. The molecule has 0 spiro atoms. The van der Waals surface area contributed by atoms with Crippen LogP contribution in [0.1, 0.15) is 11.1 Å². The van der Waals surface area contributed by atoms with E-state index in [1.165, 1.54) is 6.07 Å². The van der Waals surface area contributed by atoms with Gasteiger partial charge in [0.05, 0.1) is 18.4 Å². The van der Waals surface area contributed by atoms with E-state index in [1.807, 2.05) is 24.3 Å². The number of para-hydroxylation sites is 2. The first-order chi connectivity index (χ1) is 12.0. The Morgan fingerprint density at radius 1 is 0.920 bits per heavy atom. The number of alkyl halides is 3. The molecule has 0 amide bonds. The molecule has 3 nitrogen and oxygen atoms in total. The zero-order valence-electron chi connectivity index (χ0n) is 14.1. The number of nitrogens with zero attached hydrogens (tertiary/aromatic N) is 2. The standard InChI is InChI=1S/C19H21F3N2O/c1-25-18-9-5-4-8-17(18)24-12-10-23(11-13-24)14-15-6-2-3-7-16(15)19(20,21)22/h2-9H,10-14H2,1H3. The van der Waals surface area contributed by atoms with Crippen LogP contribution in [0.25, 0.3) is 0 Å². The first-order valence-electron chi connectivity index (χ1n) is 8.24. The lowest BCUT2D eigenvalue weighted by Gasteiger charge is -2.37. The number of benzene rings is 2. The van der Waals surface area contributed by atoms with Gasteiger partial charge in [0.25, 0.3) is 0 Å². The Labute approximate surface area is 145 Å². The Hall–Kier alpha value is -2.21. The van der Waals surface area contributed by atoms with Crippen LogP contribution < -0.4 is 9.64 Å². The van der Waals surface area contributed by atoms with Crippen molar-refractivity contribution in [2.45, 2.75) is 12.7 Å². The molecule has 1 heterocycles. The number of halogens is 3. The Balaban J connectivity index is 1.66. The summed E-state index contributed by atoms with van der Waals surface area (Å²) < 4.78 is 44.8. The summed E-state index contributed by atoms with van der Waals surface area (Å²) in [5.41, 5.74) is 0.822. The van der Waals surface area contributed by atoms with Gasteiger partial charge in [-0.2, -0.15) is 13.2 Å². The zero-order chi connectivity index (χ0) is 17.9. The predicted molar refractivity (Wildman–Crippen MR) is 91.9 cm³/mol. The molecule has 25 heavy (non-hydrogen) atoms. The van der Waals surface area contributed by atoms with Crippen molar-refractivity contribution in [1.82, 2.24) is 4.90 Å². The van der Waals surface area contributed by atoms with Crippen molar-refractivity contribution in [1.29, 1.82) is 0 Å². The van der Waals surface area contributed by atoms with Gasteiger partial charge in [-0.3, -0.25) is 4.90 Å². The van der Waals surface area contributed by atoms with Crippen LogP contribution in [0.2, 0.25) is 0 Å². The van der Waals surface area contributed by atoms with Gasteiger partial charge < -0.3 is 9.64 Å². The van der Waals surface area contributed by atoms with E-state index in [4.69, 9.17) is 4.74 Å². The molecule has 0 aromatic heterocycles. The number of methoxy groups -OCH3 is 1. The third-order valence-corrected chi connectivity index (χ3v) is 4.51. The minimum atomic E-state index is -4.31. The Bertz CT molecular complexity index is 710. The van der Waals surface area contributed by atoms with E-state index in [2.05, 4.69) is 9.80 Å². The highest BCUT2D eigenvalue weighted by atomic mass is 19.4. The van der Waals surface area contributed by atoms with Gasteiger partial charge in [-0.1, -0.05) is 30.3 Å². The summed E-state index contributed by atoms with van der Waals surface area (Å²) in [5, 5.41) is 0. The molecule has 3 rings (SSSR count). The fourth-order valence-electron chi connectivity index (χ4n) is 3.21. The van der Waals surface area contributed by atoms with Crippen LogP contribution in [-0.4, -0.2) is 38.2 Å². The molecule has 6 heteroatoms. The number of piperazine rings is 1. The van der Waals surface area contributed by atoms with Crippen molar-refractivity contribution >= 4 is 5.69 Å². The highest BCUT2D eigenvalue weighted by Gasteiger charge is 2.33. The van der Waals surface area contributed by atoms with Crippen molar-refractivity contribution in [3.05, 3.63) is 59.7 Å². The average molecular weight is 350 g/mol. The second-order valence-corrected chi connectivity index (χ2v) is 6.09. The number of hydrogen-bond acceptors (Lipinski definition) is 3. The molecule has 0 bridgehead atoms. The van der Waals surface area contributed by atoms with Crippen molar-refractivity contribution in [3.63, 3.8) is 0 Å². The second-order valence-electron chi connectivity index (χ2n) is 6.09. The maximum Gasteiger partial charge on any atom is 0.416 e. The van der Waals surface area contributed by atoms with Crippen molar-refractivity contribution in [3.8, 4) is 5.75 Å². The van der Waals surface area contributed by atoms with Crippen LogP contribution in [0.15, 0.2) is 48.5 Å². The van der Waals surface area contributed by atoms with Crippen LogP contribution in [-0.2, 0) is 12.7 Å². The summed E-state index contributed by atoms with van der Waals surface area (Å²) in [6.45, 7) is 3.26. The molecule has 0 unspecified atom stereocenters. The monoisotopic (exact) mass is 350 g/mol. The molecular formula is C19H21F3N2O. The average Bonchev–Trinajstić information content (AvgIpc) is 2.62. The van der Waals surface area contributed by atoms with Crippen molar-refractivity contribution in [2.75, 3.05) is 38.2 Å². The predicted octanol–water partition coefficient (Wildman–Crippen LogP) is 4.04. The zero-order valence-corrected chi connectivity index (χ0v) is 14.1. The van der Waals surface area contributed by atoms with Gasteiger partial charge in [0, 0.05) is 32.7 Å². The Kier molecular flexibility index (Phi) is 5.18. The first kappa shape index (κ1) is 17.6. The number of hydrogen-bond donors (Lipinski definition) is 0. The van der Waals surface area contributed by atoms with E-state index in [-0.39, 0.29) is 0 Å². The summed E-state index contributed by atoms with van der Waals surface area (Å²) in [7, 11) is 1.64. The minimum Gasteiger partial charge on any atom is -0.495 e. The Morgan fingerprint density at radius 2 is 1.56 bits per heavy atom. The normalized spacial score (nSPS) is 16.1. The molecule has 1 saturated heterocycles. The van der Waals surface area contributed by atoms with Gasteiger partial charge in [-0.25, -0.2) is 0 Å². The van der Waals surface area contributed by atoms with Gasteiger partial charge in [0.2, 0.25) is 0 Å². The number of rotatable bonds is 4. The lowest BCUT2D eigenvalue weighted by Crippen LogP contribution is -2.46. The third-order valence-electron chi connectivity index (χ3n) is 4.51. The molecule has 1 fully saturated rings. The summed E-state index contributed by atoms with van der Waals surface area (Å²) >= 11 is 0. The van der Waals surface area contributed by atoms with Crippen LogP contribution in [0, 0.1) is 0 Å². The van der Waals surface area contributed by atoms with Gasteiger partial charge in [-0.05, 0) is 23.8 Å². The quantitative estimate of drug-likeness (QED) is 0.828. The molecule has 1 aliphatic rings. The van der Waals surface area contributed by atoms with Crippen molar-refractivity contribution < 1.29 is 17.9 Å². The van der Waals surface area contributed by atoms with E-state index in [0.717, 1.165) is 30.6 Å². The van der Waals surface area contributed by atoms with Crippen LogP contribution in [0.4, 0.5) is 18.9 Å². The molecule has 2 aromatic rings. The molecule has 0 saturated carbocycles. The van der Waals surface area contributed by atoms with Crippen LogP contribution in [0.3, 0.4) is 0 Å². The van der Waals surface area contributed by atoms with Gasteiger partial charge in [0.1, 0.15) is 5.75 Å². The fourth-order valence-corrected chi connectivity index (χ4v) is 3.21. The van der Waals surface area contributed by atoms with Crippen molar-refractivity contribution in [2.24, 2.45) is 0 Å². The topological polar surface area (TPSA) is 15.7 Å². The largest absolute Gasteiger partial charge is 0.495 e. The third kappa shape index (κ3) is 4.07. The van der Waals surface area contributed by atoms with Crippen LogP contribution >= 0.6 is 0 Å². The van der Waals surface area contributed by atoms with E-state index in [9.17, 15) is 13.2 Å².